The lowest BCUT2D eigenvalue weighted by molar-refractivity contribution is -0.141. The minimum absolute atomic E-state index is 0.186. The molecule has 5 heteroatoms. The standard InChI is InChI=1S/C21H26N2O3/c24-21(23-11-14-25-15-12-23)19-7-9-22(10-8-19)16-17-3-5-18(6-4-17)20-2-1-13-26-20/h1-6,13,19H,7-12,14-16H2. The van der Waals surface area contributed by atoms with E-state index in [2.05, 4.69) is 29.2 Å². The molecule has 4 rings (SSSR count). The smallest absolute Gasteiger partial charge is 0.225 e. The predicted molar refractivity (Wildman–Crippen MR) is 99.5 cm³/mol. The average Bonchev–Trinajstić information content (AvgIpc) is 3.24. The number of benzene rings is 1. The Morgan fingerprint density at radius 3 is 2.38 bits per heavy atom. The minimum Gasteiger partial charge on any atom is -0.464 e. The van der Waals surface area contributed by atoms with Crippen LogP contribution in [0, 0.1) is 5.92 Å². The van der Waals surface area contributed by atoms with Gasteiger partial charge in [-0.3, -0.25) is 9.69 Å². The van der Waals surface area contributed by atoms with Crippen LogP contribution in [0.15, 0.2) is 47.1 Å². The van der Waals surface area contributed by atoms with E-state index in [9.17, 15) is 4.79 Å². The van der Waals surface area contributed by atoms with Crippen LogP contribution in [0.4, 0.5) is 0 Å². The molecule has 0 spiro atoms. The summed E-state index contributed by atoms with van der Waals surface area (Å²) in [7, 11) is 0. The van der Waals surface area contributed by atoms with Crippen LogP contribution in [0.3, 0.4) is 0 Å². The van der Waals surface area contributed by atoms with E-state index in [0.717, 1.165) is 56.9 Å². The Bertz CT molecular complexity index is 697. The third kappa shape index (κ3) is 4.00. The third-order valence-corrected chi connectivity index (χ3v) is 5.43. The molecule has 1 amide bonds. The fourth-order valence-electron chi connectivity index (χ4n) is 3.86. The predicted octanol–water partition coefficient (Wildman–Crippen LogP) is 3.02. The largest absolute Gasteiger partial charge is 0.464 e. The zero-order chi connectivity index (χ0) is 17.8. The van der Waals surface area contributed by atoms with Gasteiger partial charge < -0.3 is 14.1 Å². The number of likely N-dealkylation sites (tertiary alicyclic amines) is 1. The number of carbonyl (C=O) groups is 1. The number of amides is 1. The van der Waals surface area contributed by atoms with Crippen molar-refractivity contribution in [2.45, 2.75) is 19.4 Å². The van der Waals surface area contributed by atoms with Crippen LogP contribution in [0.2, 0.25) is 0 Å². The lowest BCUT2D eigenvalue weighted by Gasteiger charge is -2.35. The van der Waals surface area contributed by atoms with Crippen molar-refractivity contribution in [2.24, 2.45) is 5.92 Å². The van der Waals surface area contributed by atoms with Gasteiger partial charge in [0.05, 0.1) is 19.5 Å². The van der Waals surface area contributed by atoms with Gasteiger partial charge in [0.25, 0.3) is 0 Å². The summed E-state index contributed by atoms with van der Waals surface area (Å²) < 4.78 is 10.8. The van der Waals surface area contributed by atoms with E-state index < -0.39 is 0 Å². The van der Waals surface area contributed by atoms with Gasteiger partial charge in [0.1, 0.15) is 5.76 Å². The lowest BCUT2D eigenvalue weighted by atomic mass is 9.94. The fourth-order valence-corrected chi connectivity index (χ4v) is 3.86. The molecule has 2 fully saturated rings. The number of furan rings is 1. The first-order valence-electron chi connectivity index (χ1n) is 9.51. The molecule has 0 bridgehead atoms. The Morgan fingerprint density at radius 1 is 1.00 bits per heavy atom. The van der Waals surface area contributed by atoms with Crippen molar-refractivity contribution in [1.29, 1.82) is 0 Å². The molecule has 0 N–H and O–H groups in total. The molecule has 1 aromatic carbocycles. The highest BCUT2D eigenvalue weighted by Crippen LogP contribution is 2.23. The first-order valence-corrected chi connectivity index (χ1v) is 9.51. The van der Waals surface area contributed by atoms with E-state index in [4.69, 9.17) is 9.15 Å². The number of morpholine rings is 1. The van der Waals surface area contributed by atoms with Crippen molar-refractivity contribution < 1.29 is 13.9 Å². The van der Waals surface area contributed by atoms with E-state index >= 15 is 0 Å². The molecule has 0 saturated carbocycles. The quantitative estimate of drug-likeness (QED) is 0.847. The Kier molecular flexibility index (Phi) is 5.37. The van der Waals surface area contributed by atoms with Gasteiger partial charge in [0.15, 0.2) is 0 Å². The van der Waals surface area contributed by atoms with Crippen LogP contribution in [0.5, 0.6) is 0 Å². The molecule has 2 aliphatic heterocycles. The van der Waals surface area contributed by atoms with Crippen LogP contribution in [0.1, 0.15) is 18.4 Å². The maximum absolute atomic E-state index is 12.6. The van der Waals surface area contributed by atoms with Crippen LogP contribution < -0.4 is 0 Å². The minimum atomic E-state index is 0.186. The highest BCUT2D eigenvalue weighted by Gasteiger charge is 2.29. The number of ether oxygens (including phenoxy) is 1. The summed E-state index contributed by atoms with van der Waals surface area (Å²) in [6, 6.07) is 12.5. The Hall–Kier alpha value is -2.11. The summed E-state index contributed by atoms with van der Waals surface area (Å²) in [6.45, 7) is 5.78. The average molecular weight is 354 g/mol. The van der Waals surface area contributed by atoms with Gasteiger partial charge in [-0.25, -0.2) is 0 Å². The summed E-state index contributed by atoms with van der Waals surface area (Å²) in [5, 5.41) is 0. The van der Waals surface area contributed by atoms with Crippen molar-refractivity contribution >= 4 is 5.91 Å². The highest BCUT2D eigenvalue weighted by molar-refractivity contribution is 5.79. The fraction of sp³-hybridized carbons (Fsp3) is 0.476. The molecule has 26 heavy (non-hydrogen) atoms. The van der Waals surface area contributed by atoms with E-state index in [1.807, 2.05) is 17.0 Å². The second kappa shape index (κ2) is 8.06. The van der Waals surface area contributed by atoms with E-state index in [1.165, 1.54) is 5.56 Å². The molecular formula is C21H26N2O3. The number of carbonyl (C=O) groups excluding carboxylic acids is 1. The van der Waals surface area contributed by atoms with Crippen molar-refractivity contribution in [3.05, 3.63) is 48.2 Å². The Balaban J connectivity index is 1.27. The summed E-state index contributed by atoms with van der Waals surface area (Å²) >= 11 is 0. The van der Waals surface area contributed by atoms with Crippen LogP contribution in [-0.2, 0) is 16.1 Å². The molecule has 2 saturated heterocycles. The zero-order valence-electron chi connectivity index (χ0n) is 15.1. The van der Waals surface area contributed by atoms with E-state index in [1.54, 1.807) is 6.26 Å². The van der Waals surface area contributed by atoms with Gasteiger partial charge in [0, 0.05) is 31.1 Å². The second-order valence-electron chi connectivity index (χ2n) is 7.16. The van der Waals surface area contributed by atoms with Crippen molar-refractivity contribution in [3.8, 4) is 11.3 Å². The van der Waals surface area contributed by atoms with Gasteiger partial charge in [-0.1, -0.05) is 24.3 Å². The molecule has 0 aliphatic carbocycles. The van der Waals surface area contributed by atoms with Gasteiger partial charge in [-0.15, -0.1) is 0 Å². The van der Waals surface area contributed by atoms with Gasteiger partial charge in [-0.2, -0.15) is 0 Å². The molecule has 1 aromatic heterocycles. The third-order valence-electron chi connectivity index (χ3n) is 5.43. The first kappa shape index (κ1) is 17.3. The summed E-state index contributed by atoms with van der Waals surface area (Å²) in [5.41, 5.74) is 2.41. The number of nitrogens with zero attached hydrogens (tertiary/aromatic N) is 2. The van der Waals surface area contributed by atoms with Crippen molar-refractivity contribution in [2.75, 3.05) is 39.4 Å². The lowest BCUT2D eigenvalue weighted by Crippen LogP contribution is -2.46. The molecule has 2 aliphatic rings. The number of hydrogen-bond donors (Lipinski definition) is 0. The number of hydrogen-bond acceptors (Lipinski definition) is 4. The topological polar surface area (TPSA) is 45.9 Å². The summed E-state index contributed by atoms with van der Waals surface area (Å²) in [5.74, 6) is 1.42. The highest BCUT2D eigenvalue weighted by atomic mass is 16.5. The van der Waals surface area contributed by atoms with Crippen molar-refractivity contribution in [1.82, 2.24) is 9.80 Å². The van der Waals surface area contributed by atoms with Crippen LogP contribution >= 0.6 is 0 Å². The van der Waals surface area contributed by atoms with Gasteiger partial charge in [-0.05, 0) is 43.6 Å². The van der Waals surface area contributed by atoms with Gasteiger partial charge >= 0.3 is 0 Å². The maximum Gasteiger partial charge on any atom is 0.225 e. The Morgan fingerprint density at radius 2 is 1.73 bits per heavy atom. The molecule has 0 radical (unpaired) electrons. The molecular weight excluding hydrogens is 328 g/mol. The molecule has 138 valence electrons. The molecule has 3 heterocycles. The number of rotatable bonds is 4. The molecule has 2 aromatic rings. The maximum atomic E-state index is 12.6. The molecule has 0 unspecified atom stereocenters. The SMILES string of the molecule is O=C(C1CCN(Cc2ccc(-c3ccco3)cc2)CC1)N1CCOCC1. The first-order chi connectivity index (χ1) is 12.8. The Labute approximate surface area is 154 Å². The van der Waals surface area contributed by atoms with E-state index in [-0.39, 0.29) is 5.92 Å². The normalized spacial score (nSPS) is 19.6. The van der Waals surface area contributed by atoms with Gasteiger partial charge in [0.2, 0.25) is 5.91 Å². The van der Waals surface area contributed by atoms with Crippen LogP contribution in [-0.4, -0.2) is 55.1 Å². The number of piperidine rings is 1. The van der Waals surface area contributed by atoms with Crippen molar-refractivity contribution in [3.63, 3.8) is 0 Å². The molecule has 0 atom stereocenters. The zero-order valence-corrected chi connectivity index (χ0v) is 15.1. The molecule has 5 nitrogen and oxygen atoms in total. The summed E-state index contributed by atoms with van der Waals surface area (Å²) in [6.07, 6.45) is 3.62. The van der Waals surface area contributed by atoms with E-state index in [0.29, 0.717) is 19.1 Å². The van der Waals surface area contributed by atoms with Crippen LogP contribution in [0.25, 0.3) is 11.3 Å². The second-order valence-corrected chi connectivity index (χ2v) is 7.16. The monoisotopic (exact) mass is 354 g/mol. The summed E-state index contributed by atoms with van der Waals surface area (Å²) in [4.78, 5) is 17.0.